The fourth-order valence-electron chi connectivity index (χ4n) is 2.44. The molecular formula is C14H19N3O4. The average molecular weight is 293 g/mol. The Kier molecular flexibility index (Phi) is 4.74. The van der Waals surface area contributed by atoms with Crippen LogP contribution >= 0.6 is 0 Å². The molecule has 7 nitrogen and oxygen atoms in total. The smallest absolute Gasteiger partial charge is 0.315 e. The van der Waals surface area contributed by atoms with Crippen LogP contribution in [0, 0.1) is 10.1 Å². The molecule has 1 saturated carbocycles. The van der Waals surface area contributed by atoms with Crippen LogP contribution in [0.3, 0.4) is 0 Å². The molecule has 0 saturated heterocycles. The highest BCUT2D eigenvalue weighted by atomic mass is 16.6. The van der Waals surface area contributed by atoms with Gasteiger partial charge in [0, 0.05) is 25.2 Å². The van der Waals surface area contributed by atoms with E-state index < -0.39 is 10.5 Å². The highest BCUT2D eigenvalue weighted by Crippen LogP contribution is 2.28. The normalized spacial score (nSPS) is 16.4. The first-order chi connectivity index (χ1) is 9.98. The zero-order chi connectivity index (χ0) is 15.3. The van der Waals surface area contributed by atoms with Crippen molar-refractivity contribution in [2.45, 2.75) is 37.8 Å². The summed E-state index contributed by atoms with van der Waals surface area (Å²) in [5.74, 6) is 0. The van der Waals surface area contributed by atoms with E-state index in [4.69, 9.17) is 0 Å². The van der Waals surface area contributed by atoms with Gasteiger partial charge < -0.3 is 15.7 Å². The van der Waals surface area contributed by atoms with Crippen molar-refractivity contribution in [2.75, 3.05) is 6.54 Å². The van der Waals surface area contributed by atoms with Gasteiger partial charge in [-0.1, -0.05) is 25.0 Å². The minimum atomic E-state index is -0.773. The average Bonchev–Trinajstić information content (AvgIpc) is 2.91. The lowest BCUT2D eigenvalue weighted by molar-refractivity contribution is -0.384. The molecule has 1 fully saturated rings. The van der Waals surface area contributed by atoms with E-state index >= 15 is 0 Å². The summed E-state index contributed by atoms with van der Waals surface area (Å²) in [4.78, 5) is 21.7. The quantitative estimate of drug-likeness (QED) is 0.567. The minimum absolute atomic E-state index is 0.0201. The predicted octanol–water partition coefficient (Wildman–Crippen LogP) is 1.70. The maximum atomic E-state index is 11.6. The SMILES string of the molecule is O=C(NCc1ccc([N+](=O)[O-])cc1)NCC1(O)CCCC1. The number of amides is 2. The second kappa shape index (κ2) is 6.53. The first-order valence-electron chi connectivity index (χ1n) is 6.96. The molecule has 0 aliphatic heterocycles. The third-order valence-corrected chi connectivity index (χ3v) is 3.71. The Labute approximate surface area is 122 Å². The zero-order valence-electron chi connectivity index (χ0n) is 11.7. The molecule has 114 valence electrons. The van der Waals surface area contributed by atoms with Gasteiger partial charge >= 0.3 is 6.03 Å². The number of aliphatic hydroxyl groups is 1. The molecule has 1 aromatic carbocycles. The van der Waals surface area contributed by atoms with E-state index in [-0.39, 0.29) is 24.8 Å². The number of nitrogens with one attached hydrogen (secondary N) is 2. The van der Waals surface area contributed by atoms with Crippen LogP contribution < -0.4 is 10.6 Å². The summed E-state index contributed by atoms with van der Waals surface area (Å²) in [5.41, 5.74) is 0.0204. The highest BCUT2D eigenvalue weighted by molar-refractivity contribution is 5.73. The van der Waals surface area contributed by atoms with Gasteiger partial charge in [0.1, 0.15) is 0 Å². The number of carbonyl (C=O) groups is 1. The number of non-ortho nitro benzene ring substituents is 1. The first-order valence-corrected chi connectivity index (χ1v) is 6.96. The van der Waals surface area contributed by atoms with Gasteiger partial charge in [-0.15, -0.1) is 0 Å². The third kappa shape index (κ3) is 4.42. The Balaban J connectivity index is 1.74. The second-order valence-corrected chi connectivity index (χ2v) is 5.39. The lowest BCUT2D eigenvalue weighted by Gasteiger charge is -2.22. The maximum absolute atomic E-state index is 11.6. The van der Waals surface area contributed by atoms with Crippen LogP contribution in [-0.4, -0.2) is 28.2 Å². The Morgan fingerprint density at radius 1 is 1.24 bits per heavy atom. The summed E-state index contributed by atoms with van der Waals surface area (Å²) in [6.07, 6.45) is 3.41. The monoisotopic (exact) mass is 293 g/mol. The Hall–Kier alpha value is -2.15. The number of urea groups is 1. The van der Waals surface area contributed by atoms with Crippen molar-refractivity contribution in [1.29, 1.82) is 0 Å². The van der Waals surface area contributed by atoms with Crippen LogP contribution in [0.2, 0.25) is 0 Å². The van der Waals surface area contributed by atoms with Gasteiger partial charge in [-0.25, -0.2) is 4.79 Å². The van der Waals surface area contributed by atoms with Gasteiger partial charge in [-0.05, 0) is 18.4 Å². The summed E-state index contributed by atoms with van der Waals surface area (Å²) in [6.45, 7) is 0.529. The number of hydrogen-bond acceptors (Lipinski definition) is 4. The molecule has 0 bridgehead atoms. The van der Waals surface area contributed by atoms with Crippen molar-refractivity contribution in [3.8, 4) is 0 Å². The van der Waals surface area contributed by atoms with Crippen molar-refractivity contribution in [3.63, 3.8) is 0 Å². The Bertz CT molecular complexity index is 509. The third-order valence-electron chi connectivity index (χ3n) is 3.71. The molecule has 0 atom stereocenters. The van der Waals surface area contributed by atoms with Gasteiger partial charge in [0.05, 0.1) is 10.5 Å². The number of nitro benzene ring substituents is 1. The number of benzene rings is 1. The van der Waals surface area contributed by atoms with Gasteiger partial charge in [0.2, 0.25) is 0 Å². The van der Waals surface area contributed by atoms with Gasteiger partial charge in [0.25, 0.3) is 5.69 Å². The van der Waals surface area contributed by atoms with E-state index in [0.717, 1.165) is 31.2 Å². The van der Waals surface area contributed by atoms with Crippen LogP contribution in [0.4, 0.5) is 10.5 Å². The fraction of sp³-hybridized carbons (Fsp3) is 0.500. The molecule has 7 heteroatoms. The van der Waals surface area contributed by atoms with Crippen LogP contribution in [0.1, 0.15) is 31.2 Å². The van der Waals surface area contributed by atoms with Crippen molar-refractivity contribution < 1.29 is 14.8 Å². The molecule has 1 aliphatic rings. The molecule has 0 unspecified atom stereocenters. The van der Waals surface area contributed by atoms with Crippen molar-refractivity contribution >= 4 is 11.7 Å². The van der Waals surface area contributed by atoms with E-state index in [9.17, 15) is 20.0 Å². The zero-order valence-corrected chi connectivity index (χ0v) is 11.7. The van der Waals surface area contributed by atoms with E-state index in [1.165, 1.54) is 12.1 Å². The van der Waals surface area contributed by atoms with Crippen LogP contribution in [-0.2, 0) is 6.54 Å². The first kappa shape index (κ1) is 15.2. The highest BCUT2D eigenvalue weighted by Gasteiger charge is 2.31. The van der Waals surface area contributed by atoms with Gasteiger partial charge in [-0.2, -0.15) is 0 Å². The van der Waals surface area contributed by atoms with Crippen LogP contribution in [0.15, 0.2) is 24.3 Å². The maximum Gasteiger partial charge on any atom is 0.315 e. The number of rotatable bonds is 5. The van der Waals surface area contributed by atoms with Gasteiger partial charge in [-0.3, -0.25) is 10.1 Å². The molecule has 1 aromatic rings. The second-order valence-electron chi connectivity index (χ2n) is 5.39. The Morgan fingerprint density at radius 2 is 1.86 bits per heavy atom. The lowest BCUT2D eigenvalue weighted by atomic mass is 10.0. The van der Waals surface area contributed by atoms with Crippen molar-refractivity contribution in [1.82, 2.24) is 10.6 Å². The molecule has 2 amide bonds. The molecular weight excluding hydrogens is 274 g/mol. The summed E-state index contributed by atoms with van der Waals surface area (Å²) in [6, 6.07) is 5.65. The Morgan fingerprint density at radius 3 is 2.43 bits per heavy atom. The van der Waals surface area contributed by atoms with E-state index in [1.54, 1.807) is 12.1 Å². The fourth-order valence-corrected chi connectivity index (χ4v) is 2.44. The standard InChI is InChI=1S/C14H19N3O4/c18-13(16-10-14(19)7-1-2-8-14)15-9-11-3-5-12(6-4-11)17(20)21/h3-6,19H,1-2,7-10H2,(H2,15,16,18). The van der Waals surface area contributed by atoms with E-state index in [0.29, 0.717) is 0 Å². The van der Waals surface area contributed by atoms with E-state index in [1.807, 2.05) is 0 Å². The summed E-state index contributed by atoms with van der Waals surface area (Å²) >= 11 is 0. The molecule has 0 spiro atoms. The van der Waals surface area contributed by atoms with Gasteiger partial charge in [0.15, 0.2) is 0 Å². The molecule has 0 heterocycles. The predicted molar refractivity (Wildman–Crippen MR) is 76.8 cm³/mol. The topological polar surface area (TPSA) is 104 Å². The molecule has 3 N–H and O–H groups in total. The van der Waals surface area contributed by atoms with Crippen molar-refractivity contribution in [2.24, 2.45) is 0 Å². The summed E-state index contributed by atoms with van der Waals surface area (Å²) in [7, 11) is 0. The van der Waals surface area contributed by atoms with Crippen molar-refractivity contribution in [3.05, 3.63) is 39.9 Å². The number of carbonyl (C=O) groups excluding carboxylic acids is 1. The summed E-state index contributed by atoms with van der Waals surface area (Å²) < 4.78 is 0. The molecule has 1 aliphatic carbocycles. The van der Waals surface area contributed by atoms with Crippen LogP contribution in [0.5, 0.6) is 0 Å². The number of hydrogen-bond donors (Lipinski definition) is 3. The number of nitro groups is 1. The molecule has 0 radical (unpaired) electrons. The lowest BCUT2D eigenvalue weighted by Crippen LogP contribution is -2.44. The minimum Gasteiger partial charge on any atom is -0.388 e. The molecule has 0 aromatic heterocycles. The molecule has 2 rings (SSSR count). The molecule has 21 heavy (non-hydrogen) atoms. The largest absolute Gasteiger partial charge is 0.388 e. The van der Waals surface area contributed by atoms with E-state index in [2.05, 4.69) is 10.6 Å². The van der Waals surface area contributed by atoms with Crippen LogP contribution in [0.25, 0.3) is 0 Å². The summed E-state index contributed by atoms with van der Waals surface area (Å²) in [5, 5.41) is 25.9. The number of nitrogens with zero attached hydrogens (tertiary/aromatic N) is 1.